The summed E-state index contributed by atoms with van der Waals surface area (Å²) in [6.07, 6.45) is 0.619. The van der Waals surface area contributed by atoms with Crippen molar-refractivity contribution in [2.45, 2.75) is 19.9 Å². The van der Waals surface area contributed by atoms with Crippen LogP contribution in [0.15, 0.2) is 33.8 Å². The Kier molecular flexibility index (Phi) is 5.46. The van der Waals surface area contributed by atoms with Crippen LogP contribution in [0.5, 0.6) is 0 Å². The number of nitrogens with one attached hydrogen (secondary N) is 1. The van der Waals surface area contributed by atoms with Crippen LogP contribution in [-0.2, 0) is 13.0 Å². The first kappa shape index (κ1) is 15.9. The third-order valence-corrected chi connectivity index (χ3v) is 3.07. The second-order valence-electron chi connectivity index (χ2n) is 4.95. The van der Waals surface area contributed by atoms with E-state index in [1.54, 1.807) is 20.0 Å². The zero-order chi connectivity index (χ0) is 15.9. The second-order valence-corrected chi connectivity index (χ2v) is 4.95. The van der Waals surface area contributed by atoms with Crippen molar-refractivity contribution in [1.82, 2.24) is 20.4 Å². The van der Waals surface area contributed by atoms with Crippen molar-refractivity contribution in [3.8, 4) is 0 Å². The van der Waals surface area contributed by atoms with Crippen molar-refractivity contribution in [1.29, 1.82) is 0 Å². The van der Waals surface area contributed by atoms with Gasteiger partial charge in [0.15, 0.2) is 11.8 Å². The quantitative estimate of drug-likeness (QED) is 0.673. The minimum Gasteiger partial charge on any atom is -0.356 e. The van der Waals surface area contributed by atoms with E-state index in [0.717, 1.165) is 11.5 Å². The summed E-state index contributed by atoms with van der Waals surface area (Å²) in [5, 5.41) is 6.96. The predicted molar refractivity (Wildman–Crippen MR) is 82.0 cm³/mol. The van der Waals surface area contributed by atoms with E-state index in [9.17, 15) is 4.39 Å². The second kappa shape index (κ2) is 7.53. The largest absolute Gasteiger partial charge is 0.356 e. The topological polar surface area (TPSA) is 66.5 Å². The molecule has 0 spiro atoms. The first-order valence-electron chi connectivity index (χ1n) is 7.04. The van der Waals surface area contributed by atoms with Crippen molar-refractivity contribution in [3.63, 3.8) is 0 Å². The predicted octanol–water partition coefficient (Wildman–Crippen LogP) is 1.77. The molecule has 0 radical (unpaired) electrons. The maximum Gasteiger partial charge on any atom is 0.228 e. The lowest BCUT2D eigenvalue weighted by Crippen LogP contribution is -2.39. The number of benzene rings is 1. The van der Waals surface area contributed by atoms with Crippen LogP contribution in [0.2, 0.25) is 0 Å². The van der Waals surface area contributed by atoms with Gasteiger partial charge in [0.05, 0.1) is 0 Å². The van der Waals surface area contributed by atoms with E-state index in [4.69, 9.17) is 4.52 Å². The highest BCUT2D eigenvalue weighted by atomic mass is 19.1. The Labute approximate surface area is 129 Å². The zero-order valence-electron chi connectivity index (χ0n) is 13.0. The third kappa shape index (κ3) is 4.54. The van der Waals surface area contributed by atoms with E-state index in [-0.39, 0.29) is 5.82 Å². The van der Waals surface area contributed by atoms with Gasteiger partial charge in [-0.15, -0.1) is 0 Å². The van der Waals surface area contributed by atoms with Crippen LogP contribution in [0.1, 0.15) is 17.3 Å². The van der Waals surface area contributed by atoms with Gasteiger partial charge in [0.2, 0.25) is 5.89 Å². The van der Waals surface area contributed by atoms with Crippen LogP contribution in [0, 0.1) is 12.7 Å². The molecule has 0 bridgehead atoms. The van der Waals surface area contributed by atoms with Crippen molar-refractivity contribution < 1.29 is 8.91 Å². The molecule has 0 saturated heterocycles. The van der Waals surface area contributed by atoms with Gasteiger partial charge in [-0.1, -0.05) is 17.3 Å². The number of nitrogens with zero attached hydrogens (tertiary/aromatic N) is 4. The summed E-state index contributed by atoms with van der Waals surface area (Å²) in [5.74, 6) is 1.71. The number of aromatic nitrogens is 2. The van der Waals surface area contributed by atoms with Gasteiger partial charge in [0, 0.05) is 33.6 Å². The Hall–Kier alpha value is -2.44. The summed E-state index contributed by atoms with van der Waals surface area (Å²) >= 11 is 0. The molecule has 7 heteroatoms. The fourth-order valence-electron chi connectivity index (χ4n) is 2.09. The number of aliphatic imine (C=N–C) groups is 1. The molecule has 118 valence electrons. The summed E-state index contributed by atoms with van der Waals surface area (Å²) in [6.45, 7) is 2.98. The number of guanidine groups is 1. The molecule has 0 fully saturated rings. The molecule has 2 aromatic rings. The first-order chi connectivity index (χ1) is 10.6. The van der Waals surface area contributed by atoms with Crippen LogP contribution < -0.4 is 5.32 Å². The van der Waals surface area contributed by atoms with E-state index >= 15 is 0 Å². The van der Waals surface area contributed by atoms with Crippen LogP contribution in [-0.4, -0.2) is 41.6 Å². The Balaban J connectivity index is 1.85. The molecule has 0 aliphatic rings. The summed E-state index contributed by atoms with van der Waals surface area (Å²) in [5.41, 5.74) is 0.887. The molecule has 0 amide bonds. The van der Waals surface area contributed by atoms with Crippen molar-refractivity contribution >= 4 is 5.96 Å². The Morgan fingerprint density at radius 2 is 2.27 bits per heavy atom. The van der Waals surface area contributed by atoms with E-state index in [2.05, 4.69) is 20.4 Å². The van der Waals surface area contributed by atoms with E-state index in [1.807, 2.05) is 18.0 Å². The molecule has 1 N–H and O–H groups in total. The lowest BCUT2D eigenvalue weighted by Gasteiger charge is -2.22. The van der Waals surface area contributed by atoms with Crippen LogP contribution >= 0.6 is 0 Å². The lowest BCUT2D eigenvalue weighted by molar-refractivity contribution is 0.373. The molecule has 6 nitrogen and oxygen atoms in total. The molecule has 0 aliphatic heterocycles. The summed E-state index contributed by atoms with van der Waals surface area (Å²) in [4.78, 5) is 10.3. The molecular formula is C15H20FN5O. The van der Waals surface area contributed by atoms with Gasteiger partial charge in [-0.25, -0.2) is 4.39 Å². The number of hydrogen-bond acceptors (Lipinski definition) is 4. The lowest BCUT2D eigenvalue weighted by atomic mass is 10.2. The molecule has 0 saturated carbocycles. The average molecular weight is 305 g/mol. The van der Waals surface area contributed by atoms with Crippen LogP contribution in [0.3, 0.4) is 0 Å². The molecule has 0 aliphatic carbocycles. The molecule has 2 rings (SSSR count). The number of aryl methyl sites for hydroxylation is 1. The standard InChI is InChI=1S/C15H20FN5O/c1-11-19-14(22-20-11)7-8-18-15(17-2)21(3)10-12-5-4-6-13(16)9-12/h4-6,9H,7-8,10H2,1-3H3,(H,17,18). The monoisotopic (exact) mass is 305 g/mol. The highest BCUT2D eigenvalue weighted by Crippen LogP contribution is 2.06. The van der Waals surface area contributed by atoms with Crippen molar-refractivity contribution in [3.05, 3.63) is 47.4 Å². The molecule has 0 atom stereocenters. The first-order valence-corrected chi connectivity index (χ1v) is 7.04. The van der Waals surface area contributed by atoms with Crippen molar-refractivity contribution in [2.75, 3.05) is 20.6 Å². The smallest absolute Gasteiger partial charge is 0.228 e. The highest BCUT2D eigenvalue weighted by Gasteiger charge is 2.08. The number of hydrogen-bond donors (Lipinski definition) is 1. The van der Waals surface area contributed by atoms with Crippen LogP contribution in [0.25, 0.3) is 0 Å². The van der Waals surface area contributed by atoms with Crippen molar-refractivity contribution in [2.24, 2.45) is 4.99 Å². The summed E-state index contributed by atoms with van der Waals surface area (Å²) < 4.78 is 18.3. The molecule has 1 aromatic heterocycles. The summed E-state index contributed by atoms with van der Waals surface area (Å²) in [7, 11) is 3.61. The van der Waals surface area contributed by atoms with Gasteiger partial charge >= 0.3 is 0 Å². The normalized spacial score (nSPS) is 11.5. The fraction of sp³-hybridized carbons (Fsp3) is 0.400. The van der Waals surface area contributed by atoms with Gasteiger partial charge in [-0.3, -0.25) is 4.99 Å². The molecule has 0 unspecified atom stereocenters. The Morgan fingerprint density at radius 1 is 1.45 bits per heavy atom. The molecular weight excluding hydrogens is 285 g/mol. The average Bonchev–Trinajstić information content (AvgIpc) is 2.89. The van der Waals surface area contributed by atoms with Gasteiger partial charge < -0.3 is 14.7 Å². The van der Waals surface area contributed by atoms with Gasteiger partial charge in [-0.05, 0) is 24.6 Å². The van der Waals surface area contributed by atoms with E-state index in [1.165, 1.54) is 12.1 Å². The van der Waals surface area contributed by atoms with Gasteiger partial charge in [-0.2, -0.15) is 4.98 Å². The molecule has 1 heterocycles. The minimum atomic E-state index is -0.236. The minimum absolute atomic E-state index is 0.236. The van der Waals surface area contributed by atoms with E-state index in [0.29, 0.717) is 31.2 Å². The van der Waals surface area contributed by atoms with Crippen LogP contribution in [0.4, 0.5) is 4.39 Å². The number of halogens is 1. The Bertz CT molecular complexity index is 640. The van der Waals surface area contributed by atoms with E-state index < -0.39 is 0 Å². The molecule has 1 aromatic carbocycles. The SMILES string of the molecule is CN=C(NCCc1nc(C)no1)N(C)Cc1cccc(F)c1. The molecule has 22 heavy (non-hydrogen) atoms. The Morgan fingerprint density at radius 3 is 2.91 bits per heavy atom. The maximum atomic E-state index is 13.2. The van der Waals surface area contributed by atoms with Gasteiger partial charge in [0.25, 0.3) is 0 Å². The highest BCUT2D eigenvalue weighted by molar-refractivity contribution is 5.79. The fourth-order valence-corrected chi connectivity index (χ4v) is 2.09. The maximum absolute atomic E-state index is 13.2. The summed E-state index contributed by atoms with van der Waals surface area (Å²) in [6, 6.07) is 6.54. The van der Waals surface area contributed by atoms with Gasteiger partial charge in [0.1, 0.15) is 5.82 Å². The number of rotatable bonds is 5. The zero-order valence-corrected chi connectivity index (χ0v) is 13.0. The third-order valence-electron chi connectivity index (χ3n) is 3.07.